The summed E-state index contributed by atoms with van der Waals surface area (Å²) in [4.78, 5) is 48.5. The third-order valence-corrected chi connectivity index (χ3v) is 6.13. The number of carbonyl (C=O) groups is 2. The molecule has 188 valence electrons. The van der Waals surface area contributed by atoms with Crippen molar-refractivity contribution in [3.05, 3.63) is 93.8 Å². The number of esters is 1. The van der Waals surface area contributed by atoms with Gasteiger partial charge in [0.15, 0.2) is 5.49 Å². The van der Waals surface area contributed by atoms with Gasteiger partial charge in [0, 0.05) is 18.9 Å². The SMILES string of the molecule is CCOC(=O)c1cc2c(=O)n3ccccc3nc2n(CC2CCCO2)c1=NC(=O)C=Cc1ccccc1. The van der Waals surface area contributed by atoms with E-state index in [4.69, 9.17) is 14.5 Å². The molecule has 9 nitrogen and oxygen atoms in total. The quantitative estimate of drug-likeness (QED) is 0.230. The van der Waals surface area contributed by atoms with Gasteiger partial charge in [0.05, 0.1) is 24.6 Å². The van der Waals surface area contributed by atoms with Gasteiger partial charge in [-0.3, -0.25) is 14.0 Å². The average Bonchev–Trinajstić information content (AvgIpc) is 3.43. The molecule has 0 saturated carbocycles. The number of ether oxygens (including phenoxy) is 2. The fourth-order valence-electron chi connectivity index (χ4n) is 4.40. The Bertz CT molecular complexity index is 1630. The first kappa shape index (κ1) is 24.3. The van der Waals surface area contributed by atoms with Gasteiger partial charge in [0.25, 0.3) is 11.5 Å². The van der Waals surface area contributed by atoms with Gasteiger partial charge in [0.1, 0.15) is 16.9 Å². The maximum Gasteiger partial charge on any atom is 0.341 e. The van der Waals surface area contributed by atoms with Gasteiger partial charge in [-0.1, -0.05) is 36.4 Å². The summed E-state index contributed by atoms with van der Waals surface area (Å²) in [5, 5.41) is 0.218. The Labute approximate surface area is 212 Å². The Morgan fingerprint density at radius 3 is 2.76 bits per heavy atom. The van der Waals surface area contributed by atoms with Crippen LogP contribution in [0.1, 0.15) is 35.7 Å². The summed E-state index contributed by atoms with van der Waals surface area (Å²) in [7, 11) is 0. The summed E-state index contributed by atoms with van der Waals surface area (Å²) >= 11 is 0. The molecule has 37 heavy (non-hydrogen) atoms. The minimum Gasteiger partial charge on any atom is -0.462 e. The standard InChI is InChI=1S/C28H26N4O5/c1-2-36-28(35)22-17-21-25(29-23-12-6-7-15-31(23)27(21)34)32(18-20-11-8-16-37-20)26(22)30-24(33)14-13-19-9-4-3-5-10-19/h3-7,9-10,12-15,17,20H,2,8,11,16,18H2,1H3. The van der Waals surface area contributed by atoms with Crippen LogP contribution in [0.15, 0.2) is 76.7 Å². The highest BCUT2D eigenvalue weighted by atomic mass is 16.5. The summed E-state index contributed by atoms with van der Waals surface area (Å²) in [5.41, 5.74) is 1.35. The molecule has 4 aromatic rings. The molecule has 1 aromatic carbocycles. The van der Waals surface area contributed by atoms with Crippen molar-refractivity contribution >= 4 is 34.6 Å². The van der Waals surface area contributed by atoms with Gasteiger partial charge in [-0.2, -0.15) is 4.99 Å². The monoisotopic (exact) mass is 498 g/mol. The summed E-state index contributed by atoms with van der Waals surface area (Å²) in [6.45, 7) is 2.70. The normalized spacial score (nSPS) is 16.1. The van der Waals surface area contributed by atoms with Gasteiger partial charge in [-0.15, -0.1) is 0 Å². The molecule has 9 heteroatoms. The van der Waals surface area contributed by atoms with Crippen LogP contribution >= 0.6 is 0 Å². The van der Waals surface area contributed by atoms with Crippen LogP contribution in [0.2, 0.25) is 0 Å². The van der Waals surface area contributed by atoms with Gasteiger partial charge < -0.3 is 14.0 Å². The predicted molar refractivity (Wildman–Crippen MR) is 138 cm³/mol. The molecule has 1 saturated heterocycles. The van der Waals surface area contributed by atoms with Gasteiger partial charge in [0.2, 0.25) is 0 Å². The molecule has 0 N–H and O–H groups in total. The van der Waals surface area contributed by atoms with Crippen LogP contribution in [0.25, 0.3) is 22.8 Å². The highest BCUT2D eigenvalue weighted by Gasteiger charge is 2.23. The second-order valence-electron chi connectivity index (χ2n) is 8.62. The zero-order valence-electron chi connectivity index (χ0n) is 20.4. The lowest BCUT2D eigenvalue weighted by atomic mass is 10.2. The number of hydrogen-bond acceptors (Lipinski definition) is 6. The molecule has 1 aliphatic rings. The molecule has 1 fully saturated rings. The van der Waals surface area contributed by atoms with E-state index in [0.717, 1.165) is 18.4 Å². The van der Waals surface area contributed by atoms with Crippen LogP contribution in [-0.4, -0.2) is 45.1 Å². The van der Waals surface area contributed by atoms with Crippen molar-refractivity contribution in [2.45, 2.75) is 32.4 Å². The number of rotatable bonds is 6. The Kier molecular flexibility index (Phi) is 7.04. The van der Waals surface area contributed by atoms with E-state index < -0.39 is 11.9 Å². The fraction of sp³-hybridized carbons (Fsp3) is 0.250. The number of fused-ring (bicyclic) bond motifs is 2. The fourth-order valence-corrected chi connectivity index (χ4v) is 4.40. The zero-order valence-corrected chi connectivity index (χ0v) is 20.4. The summed E-state index contributed by atoms with van der Waals surface area (Å²) in [6.07, 6.45) is 6.13. The van der Waals surface area contributed by atoms with Crippen molar-refractivity contribution in [2.24, 2.45) is 4.99 Å². The van der Waals surface area contributed by atoms with Gasteiger partial charge in [-0.05, 0) is 49.6 Å². The maximum atomic E-state index is 13.4. The van der Waals surface area contributed by atoms with Gasteiger partial charge in [-0.25, -0.2) is 9.78 Å². The highest BCUT2D eigenvalue weighted by Crippen LogP contribution is 2.17. The lowest BCUT2D eigenvalue weighted by Gasteiger charge is -2.17. The largest absolute Gasteiger partial charge is 0.462 e. The maximum absolute atomic E-state index is 13.4. The first-order chi connectivity index (χ1) is 18.0. The van der Waals surface area contributed by atoms with E-state index in [0.29, 0.717) is 17.9 Å². The molecule has 3 aromatic heterocycles. The van der Waals surface area contributed by atoms with Crippen molar-refractivity contribution in [3.63, 3.8) is 0 Å². The number of aromatic nitrogens is 3. The number of carbonyl (C=O) groups excluding carboxylic acids is 2. The Hall–Kier alpha value is -4.37. The smallest absolute Gasteiger partial charge is 0.341 e. The number of hydrogen-bond donors (Lipinski definition) is 0. The first-order valence-corrected chi connectivity index (χ1v) is 12.2. The van der Waals surface area contributed by atoms with E-state index in [9.17, 15) is 14.4 Å². The predicted octanol–water partition coefficient (Wildman–Crippen LogP) is 3.15. The minimum atomic E-state index is -0.679. The summed E-state index contributed by atoms with van der Waals surface area (Å²) in [6, 6.07) is 16.0. The van der Waals surface area contributed by atoms with E-state index in [1.165, 1.54) is 16.5 Å². The molecule has 0 aliphatic carbocycles. The van der Waals surface area contributed by atoms with Crippen LogP contribution in [-0.2, 0) is 20.8 Å². The second-order valence-corrected chi connectivity index (χ2v) is 8.62. The van der Waals surface area contributed by atoms with Crippen molar-refractivity contribution < 1.29 is 19.1 Å². The van der Waals surface area contributed by atoms with Crippen LogP contribution in [0.5, 0.6) is 0 Å². The number of pyridine rings is 2. The van der Waals surface area contributed by atoms with Crippen molar-refractivity contribution in [1.82, 2.24) is 14.0 Å². The number of amides is 1. The van der Waals surface area contributed by atoms with E-state index in [1.807, 2.05) is 30.3 Å². The van der Waals surface area contributed by atoms with Crippen LogP contribution in [0.4, 0.5) is 0 Å². The molecule has 0 radical (unpaired) electrons. The second kappa shape index (κ2) is 10.7. The number of nitrogens with zero attached hydrogens (tertiary/aromatic N) is 4. The van der Waals surface area contributed by atoms with E-state index in [2.05, 4.69) is 4.99 Å². The molecular formula is C28H26N4O5. The van der Waals surface area contributed by atoms with Gasteiger partial charge >= 0.3 is 5.97 Å². The topological polar surface area (TPSA) is 104 Å². The van der Waals surface area contributed by atoms with Crippen LogP contribution in [0.3, 0.4) is 0 Å². The highest BCUT2D eigenvalue weighted by molar-refractivity contribution is 5.95. The Balaban J connectivity index is 1.77. The van der Waals surface area contributed by atoms with Crippen molar-refractivity contribution in [1.29, 1.82) is 0 Å². The molecule has 1 atom stereocenters. The third-order valence-electron chi connectivity index (χ3n) is 6.13. The van der Waals surface area contributed by atoms with Crippen LogP contribution in [0, 0.1) is 0 Å². The Morgan fingerprint density at radius 1 is 1.19 bits per heavy atom. The summed E-state index contributed by atoms with van der Waals surface area (Å²) < 4.78 is 14.2. The summed E-state index contributed by atoms with van der Waals surface area (Å²) in [5.74, 6) is -1.24. The molecule has 5 rings (SSSR count). The Morgan fingerprint density at radius 2 is 2.00 bits per heavy atom. The van der Waals surface area contributed by atoms with E-state index >= 15 is 0 Å². The molecule has 0 spiro atoms. The average molecular weight is 499 g/mol. The van der Waals surface area contributed by atoms with Crippen molar-refractivity contribution in [2.75, 3.05) is 13.2 Å². The molecule has 1 amide bonds. The molecule has 1 unspecified atom stereocenters. The first-order valence-electron chi connectivity index (χ1n) is 12.2. The molecular weight excluding hydrogens is 472 g/mol. The molecule has 1 aliphatic heterocycles. The van der Waals surface area contributed by atoms with E-state index in [1.54, 1.807) is 42.0 Å². The van der Waals surface area contributed by atoms with E-state index in [-0.39, 0.29) is 41.3 Å². The van der Waals surface area contributed by atoms with Crippen molar-refractivity contribution in [3.8, 4) is 0 Å². The molecule has 4 heterocycles. The lowest BCUT2D eigenvalue weighted by molar-refractivity contribution is -0.113. The minimum absolute atomic E-state index is 0.0172. The zero-order chi connectivity index (χ0) is 25.8. The van der Waals surface area contributed by atoms with Crippen LogP contribution < -0.4 is 11.0 Å². The third kappa shape index (κ3) is 5.12. The lowest BCUT2D eigenvalue weighted by Crippen LogP contribution is -2.35. The molecule has 0 bridgehead atoms. The number of benzene rings is 1.